The minimum absolute atomic E-state index is 0.0709. The van der Waals surface area contributed by atoms with Gasteiger partial charge in [0.25, 0.3) is 0 Å². The molecule has 0 atom stereocenters. The van der Waals surface area contributed by atoms with E-state index in [4.69, 9.17) is 14.4 Å². The van der Waals surface area contributed by atoms with Crippen molar-refractivity contribution < 1.29 is 19.2 Å². The summed E-state index contributed by atoms with van der Waals surface area (Å²) in [6.07, 6.45) is 4.67. The van der Waals surface area contributed by atoms with E-state index in [0.29, 0.717) is 17.8 Å². The minimum atomic E-state index is -1.08. The van der Waals surface area contributed by atoms with E-state index < -0.39 is 5.97 Å². The van der Waals surface area contributed by atoms with Crippen LogP contribution in [-0.2, 0) is 11.3 Å². The fourth-order valence-corrected chi connectivity index (χ4v) is 2.22. The van der Waals surface area contributed by atoms with E-state index in [1.54, 1.807) is 0 Å². The Bertz CT molecular complexity index is 414. The molecule has 0 saturated heterocycles. The maximum Gasteiger partial charge on any atom is 0.358 e. The van der Waals surface area contributed by atoms with Gasteiger partial charge < -0.3 is 14.4 Å². The van der Waals surface area contributed by atoms with Gasteiger partial charge in [-0.25, -0.2) is 4.79 Å². The Hall–Kier alpha value is -1.36. The summed E-state index contributed by atoms with van der Waals surface area (Å²) in [5.41, 5.74) is 0.348. The number of nitrogens with zero attached hydrogens (tertiary/aromatic N) is 1. The van der Waals surface area contributed by atoms with Crippen molar-refractivity contribution in [1.29, 1.82) is 0 Å². The highest BCUT2D eigenvalue weighted by Crippen LogP contribution is 2.36. The SMILES string of the molecule is CC1(C)CCC(OCc2cc(C(=O)O)no2)CC1. The number of ether oxygens (including phenoxy) is 1. The number of hydrogen-bond donors (Lipinski definition) is 1. The van der Waals surface area contributed by atoms with Crippen LogP contribution in [0.3, 0.4) is 0 Å². The monoisotopic (exact) mass is 253 g/mol. The average Bonchev–Trinajstić information content (AvgIpc) is 2.76. The van der Waals surface area contributed by atoms with Crippen LogP contribution in [0.1, 0.15) is 55.8 Å². The van der Waals surface area contributed by atoms with Crippen molar-refractivity contribution in [1.82, 2.24) is 5.16 Å². The van der Waals surface area contributed by atoms with E-state index in [9.17, 15) is 4.79 Å². The molecule has 0 aliphatic heterocycles. The highest BCUT2D eigenvalue weighted by Gasteiger charge is 2.27. The van der Waals surface area contributed by atoms with Crippen LogP contribution >= 0.6 is 0 Å². The molecule has 5 nitrogen and oxygen atoms in total. The molecule has 1 aliphatic rings. The quantitative estimate of drug-likeness (QED) is 0.893. The van der Waals surface area contributed by atoms with Gasteiger partial charge in [0.15, 0.2) is 11.5 Å². The zero-order valence-electron chi connectivity index (χ0n) is 10.8. The minimum Gasteiger partial charge on any atom is -0.476 e. The van der Waals surface area contributed by atoms with Crippen molar-refractivity contribution in [3.05, 3.63) is 17.5 Å². The molecule has 0 amide bonds. The van der Waals surface area contributed by atoms with Crippen LogP contribution in [0.15, 0.2) is 10.6 Å². The van der Waals surface area contributed by atoms with E-state index in [1.165, 1.54) is 6.07 Å². The highest BCUT2D eigenvalue weighted by molar-refractivity contribution is 5.85. The van der Waals surface area contributed by atoms with Gasteiger partial charge in [-0.3, -0.25) is 0 Å². The zero-order valence-corrected chi connectivity index (χ0v) is 10.8. The van der Waals surface area contributed by atoms with Gasteiger partial charge in [-0.05, 0) is 31.1 Å². The molecule has 1 fully saturated rings. The lowest BCUT2D eigenvalue weighted by molar-refractivity contribution is -0.0136. The smallest absolute Gasteiger partial charge is 0.358 e. The van der Waals surface area contributed by atoms with E-state index in [1.807, 2.05) is 0 Å². The van der Waals surface area contributed by atoms with Gasteiger partial charge in [0.05, 0.1) is 6.10 Å². The number of hydrogen-bond acceptors (Lipinski definition) is 4. The standard InChI is InChI=1S/C13H19NO4/c1-13(2)5-3-9(4-6-13)17-8-10-7-11(12(15)16)14-18-10/h7,9H,3-6,8H2,1-2H3,(H,15,16). The second-order valence-corrected chi connectivity index (χ2v) is 5.66. The van der Waals surface area contributed by atoms with Gasteiger partial charge in [-0.2, -0.15) is 0 Å². The van der Waals surface area contributed by atoms with Gasteiger partial charge in [-0.15, -0.1) is 0 Å². The number of aromatic nitrogens is 1. The molecule has 1 heterocycles. The summed E-state index contributed by atoms with van der Waals surface area (Å²) >= 11 is 0. The first-order valence-electron chi connectivity index (χ1n) is 6.27. The van der Waals surface area contributed by atoms with Crippen LogP contribution in [0, 0.1) is 5.41 Å². The van der Waals surface area contributed by atoms with Gasteiger partial charge in [0.2, 0.25) is 0 Å². The average molecular weight is 253 g/mol. The van der Waals surface area contributed by atoms with Gasteiger partial charge in [0, 0.05) is 6.07 Å². The lowest BCUT2D eigenvalue weighted by Crippen LogP contribution is -2.26. The first-order valence-corrected chi connectivity index (χ1v) is 6.27. The predicted octanol–water partition coefficient (Wildman–Crippen LogP) is 2.86. The van der Waals surface area contributed by atoms with Crippen molar-refractivity contribution in [2.45, 2.75) is 52.2 Å². The normalized spacial score (nSPS) is 19.9. The van der Waals surface area contributed by atoms with Crippen LogP contribution in [0.4, 0.5) is 0 Å². The van der Waals surface area contributed by atoms with Gasteiger partial charge >= 0.3 is 5.97 Å². The number of carboxylic acids is 1. The lowest BCUT2D eigenvalue weighted by atomic mass is 9.76. The fourth-order valence-electron chi connectivity index (χ4n) is 2.22. The summed E-state index contributed by atoms with van der Waals surface area (Å²) in [4.78, 5) is 10.6. The molecule has 5 heteroatoms. The summed E-state index contributed by atoms with van der Waals surface area (Å²) in [6.45, 7) is 4.85. The topological polar surface area (TPSA) is 72.6 Å². The second-order valence-electron chi connectivity index (χ2n) is 5.66. The van der Waals surface area contributed by atoms with Crippen LogP contribution < -0.4 is 0 Å². The number of aromatic carboxylic acids is 1. The Morgan fingerprint density at radius 2 is 2.22 bits per heavy atom. The van der Waals surface area contributed by atoms with Crippen molar-refractivity contribution >= 4 is 5.97 Å². The summed E-state index contributed by atoms with van der Waals surface area (Å²) in [6, 6.07) is 1.41. The Morgan fingerprint density at radius 1 is 1.56 bits per heavy atom. The van der Waals surface area contributed by atoms with Crippen molar-refractivity contribution in [2.24, 2.45) is 5.41 Å². The number of rotatable bonds is 4. The third-order valence-corrected chi connectivity index (χ3v) is 3.53. The first-order chi connectivity index (χ1) is 8.46. The summed E-state index contributed by atoms with van der Waals surface area (Å²) < 4.78 is 10.6. The van der Waals surface area contributed by atoms with E-state index >= 15 is 0 Å². The third kappa shape index (κ3) is 3.32. The molecule has 0 bridgehead atoms. The molecule has 2 rings (SSSR count). The summed E-state index contributed by atoms with van der Waals surface area (Å²) in [7, 11) is 0. The molecule has 1 aromatic rings. The van der Waals surface area contributed by atoms with Crippen LogP contribution in [0.2, 0.25) is 0 Å². The van der Waals surface area contributed by atoms with Crippen molar-refractivity contribution in [2.75, 3.05) is 0 Å². The van der Waals surface area contributed by atoms with Crippen LogP contribution in [0.5, 0.6) is 0 Å². The van der Waals surface area contributed by atoms with E-state index in [2.05, 4.69) is 19.0 Å². The molecule has 1 aromatic heterocycles. The Labute approximate surface area is 106 Å². The van der Waals surface area contributed by atoms with Crippen LogP contribution in [0.25, 0.3) is 0 Å². The zero-order chi connectivity index (χ0) is 13.2. The summed E-state index contributed by atoms with van der Waals surface area (Å²) in [5, 5.41) is 12.2. The molecule has 0 radical (unpaired) electrons. The summed E-state index contributed by atoms with van der Waals surface area (Å²) in [5.74, 6) is -0.610. The van der Waals surface area contributed by atoms with Crippen molar-refractivity contribution in [3.8, 4) is 0 Å². The molecule has 18 heavy (non-hydrogen) atoms. The van der Waals surface area contributed by atoms with E-state index in [0.717, 1.165) is 25.7 Å². The maximum absolute atomic E-state index is 10.6. The largest absolute Gasteiger partial charge is 0.476 e. The molecule has 1 N–H and O–H groups in total. The lowest BCUT2D eigenvalue weighted by Gasteiger charge is -2.33. The maximum atomic E-state index is 10.6. The molecular formula is C13H19NO4. The highest BCUT2D eigenvalue weighted by atomic mass is 16.5. The first kappa shape index (κ1) is 13.1. The number of carboxylic acid groups (broad SMARTS) is 1. The molecular weight excluding hydrogens is 234 g/mol. The van der Waals surface area contributed by atoms with Gasteiger partial charge in [0.1, 0.15) is 6.61 Å². The predicted molar refractivity (Wildman–Crippen MR) is 64.3 cm³/mol. The molecule has 0 unspecified atom stereocenters. The Balaban J connectivity index is 1.79. The molecule has 0 aromatic carbocycles. The number of carbonyl (C=O) groups is 1. The second kappa shape index (κ2) is 5.10. The van der Waals surface area contributed by atoms with Gasteiger partial charge in [-0.1, -0.05) is 19.0 Å². The molecule has 100 valence electrons. The molecule has 0 spiro atoms. The van der Waals surface area contributed by atoms with Crippen LogP contribution in [-0.4, -0.2) is 22.3 Å². The molecule has 1 aliphatic carbocycles. The third-order valence-electron chi connectivity index (χ3n) is 3.53. The fraction of sp³-hybridized carbons (Fsp3) is 0.692. The molecule has 1 saturated carbocycles. The Morgan fingerprint density at radius 3 is 2.78 bits per heavy atom. The van der Waals surface area contributed by atoms with E-state index in [-0.39, 0.29) is 11.8 Å². The van der Waals surface area contributed by atoms with Crippen molar-refractivity contribution in [3.63, 3.8) is 0 Å². The Kier molecular flexibility index (Phi) is 3.71.